The molecule has 5 heteroatoms. The Balaban J connectivity index is 1.58. The van der Waals surface area contributed by atoms with Crippen LogP contribution < -0.4 is 10.1 Å². The van der Waals surface area contributed by atoms with Crippen molar-refractivity contribution in [3.05, 3.63) is 119 Å². The summed E-state index contributed by atoms with van der Waals surface area (Å²) in [5.74, 6) is -0.661. The van der Waals surface area contributed by atoms with E-state index in [2.05, 4.69) is 10.3 Å². The lowest BCUT2D eigenvalue weighted by molar-refractivity contribution is -0.132. The third kappa shape index (κ3) is 5.04. The van der Waals surface area contributed by atoms with Gasteiger partial charge in [0.15, 0.2) is 0 Å². The van der Waals surface area contributed by atoms with Crippen LogP contribution in [0, 0.1) is 0 Å². The normalized spacial score (nSPS) is 16.1. The maximum Gasteiger partial charge on any atom is 0.334 e. The maximum absolute atomic E-state index is 12.2. The van der Waals surface area contributed by atoms with E-state index in [0.29, 0.717) is 17.9 Å². The first-order valence-corrected chi connectivity index (χ1v) is 10.8. The molecule has 1 aliphatic heterocycles. The van der Waals surface area contributed by atoms with Gasteiger partial charge in [-0.1, -0.05) is 54.6 Å². The second-order valence-corrected chi connectivity index (χ2v) is 7.85. The zero-order valence-electron chi connectivity index (χ0n) is 18.7. The minimum absolute atomic E-state index is 0.320. The SMILES string of the molecule is CC1=C(C(=O)O)C(c2ccc(OCC=Cc3ccccc3)cc2)C(c2ccccn2)=C(C)N1. The van der Waals surface area contributed by atoms with E-state index in [9.17, 15) is 9.90 Å². The fraction of sp³-hybridized carbons (Fsp3) is 0.143. The highest BCUT2D eigenvalue weighted by Crippen LogP contribution is 2.43. The third-order valence-electron chi connectivity index (χ3n) is 5.60. The van der Waals surface area contributed by atoms with Crippen molar-refractivity contribution < 1.29 is 14.6 Å². The van der Waals surface area contributed by atoms with E-state index in [1.165, 1.54) is 0 Å². The molecule has 1 unspecified atom stereocenters. The van der Waals surface area contributed by atoms with Crippen LogP contribution in [-0.4, -0.2) is 22.7 Å². The van der Waals surface area contributed by atoms with E-state index in [0.717, 1.165) is 33.8 Å². The van der Waals surface area contributed by atoms with Crippen molar-refractivity contribution in [3.63, 3.8) is 0 Å². The molecule has 3 aromatic rings. The van der Waals surface area contributed by atoms with Crippen LogP contribution in [0.1, 0.15) is 36.6 Å². The Morgan fingerprint density at radius 2 is 1.73 bits per heavy atom. The Kier molecular flexibility index (Phi) is 6.69. The number of hydrogen-bond donors (Lipinski definition) is 2. The summed E-state index contributed by atoms with van der Waals surface area (Å²) in [6.07, 6.45) is 5.71. The number of carboxylic acid groups (broad SMARTS) is 1. The van der Waals surface area contributed by atoms with Crippen LogP contribution >= 0.6 is 0 Å². The Morgan fingerprint density at radius 3 is 2.39 bits per heavy atom. The number of allylic oxidation sites excluding steroid dienone is 3. The van der Waals surface area contributed by atoms with Gasteiger partial charge < -0.3 is 15.2 Å². The highest BCUT2D eigenvalue weighted by atomic mass is 16.5. The van der Waals surface area contributed by atoms with Gasteiger partial charge in [-0.05, 0) is 55.3 Å². The number of dihydropyridines is 1. The second kappa shape index (κ2) is 10.0. The molecule has 2 N–H and O–H groups in total. The number of pyridine rings is 1. The van der Waals surface area contributed by atoms with Crippen molar-refractivity contribution >= 4 is 17.6 Å². The molecule has 0 amide bonds. The van der Waals surface area contributed by atoms with E-state index in [1.807, 2.05) is 91.9 Å². The molecule has 0 aliphatic carbocycles. The molecular formula is C28H26N2O3. The molecule has 0 saturated carbocycles. The van der Waals surface area contributed by atoms with Gasteiger partial charge in [-0.3, -0.25) is 4.98 Å². The van der Waals surface area contributed by atoms with Crippen molar-refractivity contribution in [1.82, 2.24) is 10.3 Å². The Morgan fingerprint density at radius 1 is 1.00 bits per heavy atom. The summed E-state index contributed by atoms with van der Waals surface area (Å²) < 4.78 is 5.85. The predicted octanol–water partition coefficient (Wildman–Crippen LogP) is 5.65. The fourth-order valence-electron chi connectivity index (χ4n) is 4.12. The first kappa shape index (κ1) is 22.1. The standard InChI is InChI=1S/C28H26N2O3/c1-19-25(24-12-6-7-17-29-24)27(26(28(31)32)20(2)30-19)22-13-15-23(16-14-22)33-18-8-11-21-9-4-3-5-10-21/h3-17,27,30H,18H2,1-2H3,(H,31,32). The number of aliphatic carboxylic acids is 1. The highest BCUT2D eigenvalue weighted by molar-refractivity contribution is 5.96. The van der Waals surface area contributed by atoms with Crippen molar-refractivity contribution in [2.24, 2.45) is 0 Å². The van der Waals surface area contributed by atoms with E-state index in [1.54, 1.807) is 13.1 Å². The largest absolute Gasteiger partial charge is 0.490 e. The lowest BCUT2D eigenvalue weighted by Crippen LogP contribution is -2.27. The zero-order valence-corrected chi connectivity index (χ0v) is 18.7. The number of ether oxygens (including phenoxy) is 1. The maximum atomic E-state index is 12.2. The number of nitrogens with one attached hydrogen (secondary N) is 1. The summed E-state index contributed by atoms with van der Waals surface area (Å²) in [4.78, 5) is 16.7. The Bertz CT molecular complexity index is 1210. The van der Waals surface area contributed by atoms with Crippen LogP contribution in [0.15, 0.2) is 102 Å². The van der Waals surface area contributed by atoms with Gasteiger partial charge in [0.1, 0.15) is 12.4 Å². The summed E-state index contributed by atoms with van der Waals surface area (Å²) in [6.45, 7) is 4.20. The number of rotatable bonds is 7. The number of carboxylic acids is 1. The Labute approximate surface area is 193 Å². The van der Waals surface area contributed by atoms with Gasteiger partial charge >= 0.3 is 5.97 Å². The Hall–Kier alpha value is -4.12. The number of carbonyl (C=O) groups is 1. The number of hydrogen-bond acceptors (Lipinski definition) is 4. The van der Waals surface area contributed by atoms with Gasteiger partial charge in [0.2, 0.25) is 0 Å². The first-order chi connectivity index (χ1) is 16.0. The van der Waals surface area contributed by atoms with Crippen LogP contribution in [0.3, 0.4) is 0 Å². The first-order valence-electron chi connectivity index (χ1n) is 10.8. The van der Waals surface area contributed by atoms with Gasteiger partial charge in [-0.2, -0.15) is 0 Å². The average molecular weight is 439 g/mol. The van der Waals surface area contributed by atoms with Gasteiger partial charge in [-0.25, -0.2) is 4.79 Å². The summed E-state index contributed by atoms with van der Waals surface area (Å²) in [6, 6.07) is 23.3. The van der Waals surface area contributed by atoms with Crippen LogP contribution in [0.2, 0.25) is 0 Å². The van der Waals surface area contributed by atoms with Crippen LogP contribution in [-0.2, 0) is 4.79 Å². The van der Waals surface area contributed by atoms with E-state index in [-0.39, 0.29) is 0 Å². The monoisotopic (exact) mass is 438 g/mol. The quantitative estimate of drug-likeness (QED) is 0.499. The smallest absolute Gasteiger partial charge is 0.334 e. The third-order valence-corrected chi connectivity index (χ3v) is 5.60. The molecule has 5 nitrogen and oxygen atoms in total. The number of aromatic nitrogens is 1. The second-order valence-electron chi connectivity index (χ2n) is 7.85. The van der Waals surface area contributed by atoms with Crippen molar-refractivity contribution in [2.45, 2.75) is 19.8 Å². The van der Waals surface area contributed by atoms with Crippen LogP contribution in [0.25, 0.3) is 11.6 Å². The summed E-state index contributed by atoms with van der Waals surface area (Å²) >= 11 is 0. The summed E-state index contributed by atoms with van der Waals surface area (Å²) in [7, 11) is 0. The molecule has 0 fully saturated rings. The number of nitrogens with zero attached hydrogens (tertiary/aromatic N) is 1. The van der Waals surface area contributed by atoms with Gasteiger partial charge in [0.05, 0.1) is 11.3 Å². The van der Waals surface area contributed by atoms with Crippen LogP contribution in [0.4, 0.5) is 0 Å². The molecule has 0 spiro atoms. The lowest BCUT2D eigenvalue weighted by atomic mass is 9.79. The molecule has 33 heavy (non-hydrogen) atoms. The van der Waals surface area contributed by atoms with Gasteiger partial charge in [0.25, 0.3) is 0 Å². The molecule has 2 heterocycles. The van der Waals surface area contributed by atoms with E-state index in [4.69, 9.17) is 4.74 Å². The topological polar surface area (TPSA) is 71.5 Å². The van der Waals surface area contributed by atoms with E-state index >= 15 is 0 Å². The van der Waals surface area contributed by atoms with E-state index < -0.39 is 11.9 Å². The molecule has 1 aliphatic rings. The van der Waals surface area contributed by atoms with Crippen molar-refractivity contribution in [2.75, 3.05) is 6.61 Å². The molecule has 1 aromatic heterocycles. The minimum Gasteiger partial charge on any atom is -0.490 e. The molecule has 0 bridgehead atoms. The average Bonchev–Trinajstić information content (AvgIpc) is 2.83. The fourth-order valence-corrected chi connectivity index (χ4v) is 4.12. The molecule has 1 atom stereocenters. The lowest BCUT2D eigenvalue weighted by Gasteiger charge is -2.30. The van der Waals surface area contributed by atoms with Gasteiger partial charge in [-0.15, -0.1) is 0 Å². The number of benzene rings is 2. The molecule has 0 radical (unpaired) electrons. The molecule has 166 valence electrons. The summed E-state index contributed by atoms with van der Waals surface area (Å²) in [5.41, 5.74) is 5.46. The van der Waals surface area contributed by atoms with Crippen molar-refractivity contribution in [3.8, 4) is 5.75 Å². The molecule has 2 aromatic carbocycles. The summed E-state index contributed by atoms with van der Waals surface area (Å²) in [5, 5.41) is 13.2. The zero-order chi connectivity index (χ0) is 23.2. The molecule has 4 rings (SSSR count). The predicted molar refractivity (Wildman–Crippen MR) is 130 cm³/mol. The molecule has 0 saturated heterocycles. The van der Waals surface area contributed by atoms with Gasteiger partial charge in [0, 0.05) is 29.1 Å². The minimum atomic E-state index is -0.947. The highest BCUT2D eigenvalue weighted by Gasteiger charge is 2.34. The molecular weight excluding hydrogens is 412 g/mol. The van der Waals surface area contributed by atoms with Crippen molar-refractivity contribution in [1.29, 1.82) is 0 Å². The van der Waals surface area contributed by atoms with Crippen LogP contribution in [0.5, 0.6) is 5.75 Å².